The van der Waals surface area contributed by atoms with Crippen LogP contribution in [-0.4, -0.2) is 67.3 Å². The van der Waals surface area contributed by atoms with Gasteiger partial charge in [-0.3, -0.25) is 4.79 Å². The van der Waals surface area contributed by atoms with Crippen molar-refractivity contribution in [2.24, 2.45) is 0 Å². The summed E-state index contributed by atoms with van der Waals surface area (Å²) in [6.07, 6.45) is 0. The first-order valence-electron chi connectivity index (χ1n) is 10.5. The molecule has 0 saturated carbocycles. The number of aromatic amines is 1. The molecule has 1 amide bonds. The van der Waals surface area contributed by atoms with Gasteiger partial charge in [-0.05, 0) is 55.8 Å². The van der Waals surface area contributed by atoms with Gasteiger partial charge < -0.3 is 14.6 Å². The van der Waals surface area contributed by atoms with Gasteiger partial charge in [0.25, 0.3) is 5.91 Å². The molecule has 0 unspecified atom stereocenters. The normalized spacial score (nSPS) is 15.1. The summed E-state index contributed by atoms with van der Waals surface area (Å²) in [6.45, 7) is 4.95. The fourth-order valence-electron chi connectivity index (χ4n) is 3.78. The molecule has 2 heterocycles. The van der Waals surface area contributed by atoms with Crippen LogP contribution in [0.5, 0.6) is 0 Å². The van der Waals surface area contributed by atoms with Crippen LogP contribution in [0.3, 0.4) is 0 Å². The van der Waals surface area contributed by atoms with Gasteiger partial charge in [-0.2, -0.15) is 4.31 Å². The molecule has 1 N–H and O–H groups in total. The van der Waals surface area contributed by atoms with Crippen LogP contribution in [-0.2, 0) is 14.8 Å². The van der Waals surface area contributed by atoms with E-state index in [9.17, 15) is 18.0 Å². The van der Waals surface area contributed by atoms with Gasteiger partial charge in [0.2, 0.25) is 10.0 Å². The number of esters is 1. The quantitative estimate of drug-likeness (QED) is 0.597. The fraction of sp³-hybridized carbons (Fsp3) is 0.304. The number of carbonyl (C=O) groups excluding carboxylic acids is 2. The van der Waals surface area contributed by atoms with E-state index < -0.39 is 16.0 Å². The van der Waals surface area contributed by atoms with Gasteiger partial charge in [-0.25, -0.2) is 13.2 Å². The van der Waals surface area contributed by atoms with E-state index in [-0.39, 0.29) is 30.5 Å². The Balaban J connectivity index is 1.43. The third-order valence-electron chi connectivity index (χ3n) is 5.54. The number of hydrogen-bond donors (Lipinski definition) is 1. The Morgan fingerprint density at radius 3 is 2.34 bits per heavy atom. The highest BCUT2D eigenvalue weighted by molar-refractivity contribution is 7.89. The maximum Gasteiger partial charge on any atom is 0.338 e. The Labute approximate surface area is 186 Å². The second-order valence-corrected chi connectivity index (χ2v) is 9.65. The molecule has 0 aliphatic carbocycles. The molecule has 3 aromatic rings. The number of ether oxygens (including phenoxy) is 1. The van der Waals surface area contributed by atoms with Crippen LogP contribution in [0.4, 0.5) is 0 Å². The lowest BCUT2D eigenvalue weighted by atomic mass is 10.2. The van der Waals surface area contributed by atoms with E-state index in [0.29, 0.717) is 24.3 Å². The zero-order valence-electron chi connectivity index (χ0n) is 18.0. The number of rotatable bonds is 5. The summed E-state index contributed by atoms with van der Waals surface area (Å²) in [6, 6.07) is 13.5. The van der Waals surface area contributed by atoms with Gasteiger partial charge in [0.05, 0.1) is 17.1 Å². The summed E-state index contributed by atoms with van der Waals surface area (Å²) in [5, 5.41) is 0.964. The van der Waals surface area contributed by atoms with Crippen LogP contribution in [0.1, 0.15) is 33.3 Å². The molecule has 1 saturated heterocycles. The molecule has 8 nitrogen and oxygen atoms in total. The molecular formula is C23H25N3O5S. The number of aromatic nitrogens is 1. The summed E-state index contributed by atoms with van der Waals surface area (Å²) in [7, 11) is -3.72. The van der Waals surface area contributed by atoms with Crippen LogP contribution in [0.25, 0.3) is 10.9 Å². The molecule has 1 aliphatic heterocycles. The predicted octanol–water partition coefficient (Wildman–Crippen LogP) is 2.80. The molecule has 1 fully saturated rings. The molecule has 168 valence electrons. The standard InChI is InChI=1S/C23H25N3O5S/c1-3-31-23(28)17-6-8-19(9-7-17)32(29,30)26-12-10-25(11-13-26)22(27)21-15-18-5-4-16(2)14-20(18)24-21/h4-9,14-15,24H,3,10-13H2,1-2H3. The SMILES string of the molecule is CCOC(=O)c1ccc(S(=O)(=O)N2CCN(C(=O)c3cc4ccc(C)cc4[nH]3)CC2)cc1. The zero-order chi connectivity index (χ0) is 22.9. The maximum atomic E-state index is 13.0. The van der Waals surface area contributed by atoms with Crippen molar-refractivity contribution in [1.29, 1.82) is 0 Å². The van der Waals surface area contributed by atoms with E-state index in [0.717, 1.165) is 16.5 Å². The van der Waals surface area contributed by atoms with Gasteiger partial charge in [0, 0.05) is 37.1 Å². The number of nitrogens with zero attached hydrogens (tertiary/aromatic N) is 2. The molecule has 0 spiro atoms. The van der Waals surface area contributed by atoms with Gasteiger partial charge >= 0.3 is 5.97 Å². The van der Waals surface area contributed by atoms with Crippen molar-refractivity contribution < 1.29 is 22.7 Å². The number of hydrogen-bond acceptors (Lipinski definition) is 5. The average molecular weight is 456 g/mol. The first-order chi connectivity index (χ1) is 15.3. The monoisotopic (exact) mass is 455 g/mol. The lowest BCUT2D eigenvalue weighted by Gasteiger charge is -2.33. The number of nitrogens with one attached hydrogen (secondary N) is 1. The summed E-state index contributed by atoms with van der Waals surface area (Å²) in [5.41, 5.74) is 2.81. The molecule has 32 heavy (non-hydrogen) atoms. The first-order valence-corrected chi connectivity index (χ1v) is 11.9. The molecule has 2 aromatic carbocycles. The zero-order valence-corrected chi connectivity index (χ0v) is 18.8. The Morgan fingerprint density at radius 2 is 1.69 bits per heavy atom. The second-order valence-electron chi connectivity index (χ2n) is 7.71. The Bertz CT molecular complexity index is 1260. The minimum Gasteiger partial charge on any atom is -0.462 e. The van der Waals surface area contributed by atoms with Crippen molar-refractivity contribution in [3.8, 4) is 0 Å². The van der Waals surface area contributed by atoms with E-state index in [1.54, 1.807) is 11.8 Å². The summed E-state index contributed by atoms with van der Waals surface area (Å²) in [4.78, 5) is 29.6. The lowest BCUT2D eigenvalue weighted by Crippen LogP contribution is -2.50. The van der Waals surface area contributed by atoms with E-state index >= 15 is 0 Å². The number of fused-ring (bicyclic) bond motifs is 1. The minimum atomic E-state index is -3.72. The topological polar surface area (TPSA) is 99.8 Å². The number of aryl methyl sites for hydroxylation is 1. The van der Waals surface area contributed by atoms with Crippen molar-refractivity contribution in [2.75, 3.05) is 32.8 Å². The summed E-state index contributed by atoms with van der Waals surface area (Å²) < 4.78 is 32.3. The van der Waals surface area contributed by atoms with Crippen LogP contribution < -0.4 is 0 Å². The Hall–Kier alpha value is -3.17. The summed E-state index contributed by atoms with van der Waals surface area (Å²) in [5.74, 6) is -0.634. The van der Waals surface area contributed by atoms with Crippen molar-refractivity contribution >= 4 is 32.8 Å². The van der Waals surface area contributed by atoms with E-state index in [1.165, 1.54) is 28.6 Å². The van der Waals surface area contributed by atoms with E-state index in [2.05, 4.69) is 4.98 Å². The average Bonchev–Trinajstić information content (AvgIpc) is 3.22. The van der Waals surface area contributed by atoms with Crippen LogP contribution in [0.2, 0.25) is 0 Å². The Kier molecular flexibility index (Phi) is 6.03. The number of amides is 1. The van der Waals surface area contributed by atoms with Crippen LogP contribution in [0.15, 0.2) is 53.4 Å². The van der Waals surface area contributed by atoms with Gasteiger partial charge in [0.1, 0.15) is 5.69 Å². The molecule has 1 aromatic heterocycles. The number of benzene rings is 2. The van der Waals surface area contributed by atoms with Gasteiger partial charge in [-0.15, -0.1) is 0 Å². The highest BCUT2D eigenvalue weighted by Crippen LogP contribution is 2.21. The smallest absolute Gasteiger partial charge is 0.338 e. The number of H-pyrrole nitrogens is 1. The molecule has 0 bridgehead atoms. The molecule has 0 atom stereocenters. The molecule has 9 heteroatoms. The largest absolute Gasteiger partial charge is 0.462 e. The highest BCUT2D eigenvalue weighted by atomic mass is 32.2. The minimum absolute atomic E-state index is 0.108. The lowest BCUT2D eigenvalue weighted by molar-refractivity contribution is 0.0526. The van der Waals surface area contributed by atoms with Crippen molar-refractivity contribution in [3.63, 3.8) is 0 Å². The van der Waals surface area contributed by atoms with Gasteiger partial charge in [0.15, 0.2) is 0 Å². The van der Waals surface area contributed by atoms with Crippen LogP contribution in [0, 0.1) is 6.92 Å². The molecule has 0 radical (unpaired) electrons. The van der Waals surface area contributed by atoms with Crippen molar-refractivity contribution in [3.05, 3.63) is 65.4 Å². The fourth-order valence-corrected chi connectivity index (χ4v) is 5.21. The molecular weight excluding hydrogens is 430 g/mol. The van der Waals surface area contributed by atoms with Gasteiger partial charge in [-0.1, -0.05) is 12.1 Å². The first kappa shape index (κ1) is 22.0. The predicted molar refractivity (Wildman–Crippen MR) is 120 cm³/mol. The maximum absolute atomic E-state index is 13.0. The number of piperazine rings is 1. The highest BCUT2D eigenvalue weighted by Gasteiger charge is 2.31. The van der Waals surface area contributed by atoms with E-state index in [4.69, 9.17) is 4.74 Å². The number of sulfonamides is 1. The van der Waals surface area contributed by atoms with Crippen molar-refractivity contribution in [2.45, 2.75) is 18.7 Å². The molecule has 1 aliphatic rings. The molecule has 4 rings (SSSR count). The van der Waals surface area contributed by atoms with E-state index in [1.807, 2.05) is 31.2 Å². The van der Waals surface area contributed by atoms with Crippen molar-refractivity contribution in [1.82, 2.24) is 14.2 Å². The third-order valence-corrected chi connectivity index (χ3v) is 7.45. The summed E-state index contributed by atoms with van der Waals surface area (Å²) >= 11 is 0. The van der Waals surface area contributed by atoms with Crippen LogP contribution >= 0.6 is 0 Å². The second kappa shape index (κ2) is 8.76. The number of carbonyl (C=O) groups is 2. The third kappa shape index (κ3) is 4.26. The Morgan fingerprint density at radius 1 is 1.00 bits per heavy atom.